The van der Waals surface area contributed by atoms with E-state index in [0.717, 1.165) is 49.1 Å². The molecule has 2 heterocycles. The second-order valence-corrected chi connectivity index (χ2v) is 5.84. The number of piperidine rings is 1. The molecule has 1 fully saturated rings. The van der Waals surface area contributed by atoms with Crippen molar-refractivity contribution in [2.24, 2.45) is 0 Å². The van der Waals surface area contributed by atoms with E-state index in [2.05, 4.69) is 5.32 Å². The van der Waals surface area contributed by atoms with Crippen LogP contribution in [0.4, 0.5) is 0 Å². The molecule has 1 aliphatic rings. The summed E-state index contributed by atoms with van der Waals surface area (Å²) in [5.41, 5.74) is 1.68. The van der Waals surface area contributed by atoms with Crippen molar-refractivity contribution in [1.82, 2.24) is 14.9 Å². The molecule has 1 N–H and O–H groups in total. The number of benzene rings is 1. The first-order chi connectivity index (χ1) is 9.70. The van der Waals surface area contributed by atoms with E-state index in [1.54, 1.807) is 12.1 Å². The fraction of sp³-hybridized carbons (Fsp3) is 0.429. The molecule has 1 aliphatic heterocycles. The van der Waals surface area contributed by atoms with Crippen LogP contribution in [0.15, 0.2) is 12.1 Å². The third-order valence-electron chi connectivity index (χ3n) is 3.78. The van der Waals surface area contributed by atoms with Crippen LogP contribution < -0.4 is 5.32 Å². The van der Waals surface area contributed by atoms with Crippen molar-refractivity contribution >= 4 is 40.5 Å². The molecular formula is C14H15Cl2N3O. The number of carbonyl (C=O) groups is 1. The number of carbonyl (C=O) groups excluding carboxylic acids is 1. The molecule has 0 atom stereocenters. The normalized spacial score (nSPS) is 16.7. The maximum Gasteiger partial charge on any atom is 0.139 e. The minimum atomic E-state index is 0.299. The minimum absolute atomic E-state index is 0.299. The van der Waals surface area contributed by atoms with Crippen LogP contribution in [0.25, 0.3) is 11.0 Å². The van der Waals surface area contributed by atoms with E-state index in [1.807, 2.05) is 4.57 Å². The number of halogens is 2. The van der Waals surface area contributed by atoms with Gasteiger partial charge in [-0.25, -0.2) is 4.98 Å². The van der Waals surface area contributed by atoms with Crippen molar-refractivity contribution in [2.45, 2.75) is 25.3 Å². The molecule has 1 aromatic carbocycles. The van der Waals surface area contributed by atoms with E-state index in [9.17, 15) is 4.79 Å². The molecule has 3 rings (SSSR count). The van der Waals surface area contributed by atoms with Crippen LogP contribution in [0.2, 0.25) is 10.0 Å². The maximum absolute atomic E-state index is 11.0. The van der Waals surface area contributed by atoms with Gasteiger partial charge in [0.15, 0.2) is 0 Å². The molecule has 1 saturated heterocycles. The summed E-state index contributed by atoms with van der Waals surface area (Å²) >= 11 is 12.1. The number of aldehydes is 1. The van der Waals surface area contributed by atoms with Crippen LogP contribution in [-0.2, 0) is 11.3 Å². The standard InChI is InChI=1S/C14H15Cl2N3O/c15-10-7-12-13(8-11(10)16)19(5-6-20)14(18-12)9-1-3-17-4-2-9/h6-9,17H,1-5H2. The van der Waals surface area contributed by atoms with Gasteiger partial charge in [-0.15, -0.1) is 0 Å². The second-order valence-electron chi connectivity index (χ2n) is 5.03. The van der Waals surface area contributed by atoms with E-state index in [4.69, 9.17) is 28.2 Å². The number of hydrogen-bond donors (Lipinski definition) is 1. The van der Waals surface area contributed by atoms with Crippen LogP contribution in [0.5, 0.6) is 0 Å². The smallest absolute Gasteiger partial charge is 0.139 e. The van der Waals surface area contributed by atoms with Crippen LogP contribution in [-0.4, -0.2) is 28.9 Å². The van der Waals surface area contributed by atoms with Gasteiger partial charge in [-0.2, -0.15) is 0 Å². The topological polar surface area (TPSA) is 46.9 Å². The SMILES string of the molecule is O=CCn1c(C2CCNCC2)nc2cc(Cl)c(Cl)cc21. The molecule has 20 heavy (non-hydrogen) atoms. The Morgan fingerprint density at radius 2 is 2.00 bits per heavy atom. The van der Waals surface area contributed by atoms with E-state index < -0.39 is 0 Å². The predicted octanol–water partition coefficient (Wildman–Crippen LogP) is 3.01. The van der Waals surface area contributed by atoms with Crippen molar-refractivity contribution in [2.75, 3.05) is 13.1 Å². The first-order valence-corrected chi connectivity index (χ1v) is 7.46. The van der Waals surface area contributed by atoms with Crippen molar-refractivity contribution in [3.63, 3.8) is 0 Å². The lowest BCUT2D eigenvalue weighted by Gasteiger charge is -2.22. The van der Waals surface area contributed by atoms with Gasteiger partial charge in [-0.05, 0) is 38.1 Å². The van der Waals surface area contributed by atoms with Crippen molar-refractivity contribution < 1.29 is 4.79 Å². The zero-order chi connectivity index (χ0) is 14.1. The summed E-state index contributed by atoms with van der Waals surface area (Å²) in [4.78, 5) is 15.7. The van der Waals surface area contributed by atoms with E-state index in [0.29, 0.717) is 22.5 Å². The zero-order valence-corrected chi connectivity index (χ0v) is 12.4. The summed E-state index contributed by atoms with van der Waals surface area (Å²) in [5, 5.41) is 4.32. The Bertz CT molecular complexity index is 647. The number of fused-ring (bicyclic) bond motifs is 1. The van der Waals surface area contributed by atoms with Crippen LogP contribution >= 0.6 is 23.2 Å². The molecule has 0 amide bonds. The quantitative estimate of drug-likeness (QED) is 0.886. The lowest BCUT2D eigenvalue weighted by molar-refractivity contribution is -0.108. The molecular weight excluding hydrogens is 297 g/mol. The summed E-state index contributed by atoms with van der Waals surface area (Å²) in [7, 11) is 0. The monoisotopic (exact) mass is 311 g/mol. The van der Waals surface area contributed by atoms with E-state index in [1.165, 1.54) is 0 Å². The lowest BCUT2D eigenvalue weighted by atomic mass is 9.97. The Balaban J connectivity index is 2.14. The van der Waals surface area contributed by atoms with E-state index >= 15 is 0 Å². The van der Waals surface area contributed by atoms with Gasteiger partial charge in [-0.1, -0.05) is 23.2 Å². The Labute approximate surface area is 127 Å². The number of aromatic nitrogens is 2. The van der Waals surface area contributed by atoms with Gasteiger partial charge in [-0.3, -0.25) is 0 Å². The van der Waals surface area contributed by atoms with Gasteiger partial charge in [0, 0.05) is 5.92 Å². The van der Waals surface area contributed by atoms with Gasteiger partial charge in [0.2, 0.25) is 0 Å². The summed E-state index contributed by atoms with van der Waals surface area (Å²) < 4.78 is 1.96. The predicted molar refractivity (Wildman–Crippen MR) is 80.7 cm³/mol. The average Bonchev–Trinajstić information content (AvgIpc) is 2.79. The van der Waals surface area contributed by atoms with E-state index in [-0.39, 0.29) is 0 Å². The van der Waals surface area contributed by atoms with Crippen LogP contribution in [0.1, 0.15) is 24.6 Å². The highest BCUT2D eigenvalue weighted by Gasteiger charge is 2.22. The largest absolute Gasteiger partial charge is 0.320 e. The summed E-state index contributed by atoms with van der Waals surface area (Å²) in [5.74, 6) is 1.34. The van der Waals surface area contributed by atoms with Gasteiger partial charge in [0.1, 0.15) is 12.1 Å². The number of imidazole rings is 1. The number of hydrogen-bond acceptors (Lipinski definition) is 3. The van der Waals surface area contributed by atoms with Crippen LogP contribution in [0, 0.1) is 0 Å². The van der Waals surface area contributed by atoms with Gasteiger partial charge in [0.05, 0.1) is 27.6 Å². The Hall–Kier alpha value is -1.10. The Kier molecular flexibility index (Phi) is 3.96. The molecule has 0 saturated carbocycles. The first kappa shape index (κ1) is 13.9. The Morgan fingerprint density at radius 3 is 2.70 bits per heavy atom. The molecule has 0 aliphatic carbocycles. The third-order valence-corrected chi connectivity index (χ3v) is 4.50. The minimum Gasteiger partial charge on any atom is -0.320 e. The zero-order valence-electron chi connectivity index (χ0n) is 10.9. The Morgan fingerprint density at radius 1 is 1.30 bits per heavy atom. The maximum atomic E-state index is 11.0. The second kappa shape index (κ2) is 5.72. The number of rotatable bonds is 3. The molecule has 2 aromatic rings. The molecule has 4 nitrogen and oxygen atoms in total. The third kappa shape index (κ3) is 2.43. The van der Waals surface area contributed by atoms with Gasteiger partial charge >= 0.3 is 0 Å². The van der Waals surface area contributed by atoms with Gasteiger partial charge < -0.3 is 14.7 Å². The fourth-order valence-corrected chi connectivity index (χ4v) is 3.11. The lowest BCUT2D eigenvalue weighted by Crippen LogP contribution is -2.28. The highest BCUT2D eigenvalue weighted by Crippen LogP contribution is 2.32. The summed E-state index contributed by atoms with van der Waals surface area (Å²) in [6.07, 6.45) is 2.96. The van der Waals surface area contributed by atoms with Crippen molar-refractivity contribution in [3.8, 4) is 0 Å². The molecule has 0 unspecified atom stereocenters. The highest BCUT2D eigenvalue weighted by atomic mass is 35.5. The number of nitrogens with zero attached hydrogens (tertiary/aromatic N) is 2. The molecule has 0 bridgehead atoms. The molecule has 0 spiro atoms. The number of nitrogens with one attached hydrogen (secondary N) is 1. The van der Waals surface area contributed by atoms with Crippen molar-refractivity contribution in [1.29, 1.82) is 0 Å². The fourth-order valence-electron chi connectivity index (χ4n) is 2.80. The highest BCUT2D eigenvalue weighted by molar-refractivity contribution is 6.42. The summed E-state index contributed by atoms with van der Waals surface area (Å²) in [6.45, 7) is 2.26. The van der Waals surface area contributed by atoms with Gasteiger partial charge in [0.25, 0.3) is 0 Å². The molecule has 1 aromatic heterocycles. The molecule has 106 valence electrons. The van der Waals surface area contributed by atoms with Crippen LogP contribution in [0.3, 0.4) is 0 Å². The first-order valence-electron chi connectivity index (χ1n) is 6.70. The summed E-state index contributed by atoms with van der Waals surface area (Å²) in [6, 6.07) is 3.56. The molecule has 0 radical (unpaired) electrons. The average molecular weight is 312 g/mol. The van der Waals surface area contributed by atoms with Crippen molar-refractivity contribution in [3.05, 3.63) is 28.0 Å². The molecule has 6 heteroatoms.